The number of carbonyl (C=O) groups excluding carboxylic acids is 1. The van der Waals surface area contributed by atoms with Gasteiger partial charge in [0, 0.05) is 0 Å². The molecule has 0 radical (unpaired) electrons. The zero-order valence-corrected chi connectivity index (χ0v) is 13.2. The Kier molecular flexibility index (Phi) is 4.45. The molecule has 0 bridgehead atoms. The first-order chi connectivity index (χ1) is 6.18. The summed E-state index contributed by atoms with van der Waals surface area (Å²) in [6.45, 7) is 1.50. The second-order valence-electron chi connectivity index (χ2n) is 3.44. The maximum atomic E-state index is 10.5. The SMILES string of the molecule is [2H]C1CCC([CH2][Hg][O]C(C)=O)CC1. The Hall–Kier alpha value is 0.405. The van der Waals surface area contributed by atoms with Crippen LogP contribution < -0.4 is 0 Å². The summed E-state index contributed by atoms with van der Waals surface area (Å²) in [5, 5.41) is 0. The Morgan fingerprint density at radius 1 is 1.67 bits per heavy atom. The quantitative estimate of drug-likeness (QED) is 0.726. The molecule has 1 aliphatic carbocycles. The summed E-state index contributed by atoms with van der Waals surface area (Å²) in [5.41, 5.74) is 0. The van der Waals surface area contributed by atoms with E-state index in [0.717, 1.165) is 18.8 Å². The summed E-state index contributed by atoms with van der Waals surface area (Å²) in [4.78, 5) is 10.5. The number of carbonyl (C=O) groups is 1. The third-order valence-electron chi connectivity index (χ3n) is 2.39. The molecule has 0 aromatic rings. The molecular weight excluding hydrogens is 341 g/mol. The van der Waals surface area contributed by atoms with Gasteiger partial charge in [0.05, 0.1) is 0 Å². The first kappa shape index (κ1) is 8.98. The van der Waals surface area contributed by atoms with Crippen molar-refractivity contribution >= 4 is 5.97 Å². The van der Waals surface area contributed by atoms with Crippen molar-refractivity contribution < 1.29 is 33.8 Å². The summed E-state index contributed by atoms with van der Waals surface area (Å²) in [5.74, 6) is 0.693. The third kappa shape index (κ3) is 4.44. The van der Waals surface area contributed by atoms with Crippen LogP contribution in [-0.2, 0) is 32.5 Å². The van der Waals surface area contributed by atoms with Crippen LogP contribution in [0.25, 0.3) is 0 Å². The van der Waals surface area contributed by atoms with E-state index in [0.29, 0.717) is 0 Å². The molecule has 1 aliphatic rings. The second-order valence-corrected chi connectivity index (χ2v) is 8.39. The van der Waals surface area contributed by atoms with Crippen molar-refractivity contribution in [1.82, 2.24) is 0 Å². The first-order valence-corrected chi connectivity index (χ1v) is 10.9. The van der Waals surface area contributed by atoms with Crippen molar-refractivity contribution in [2.45, 2.75) is 42.9 Å². The van der Waals surface area contributed by atoms with Gasteiger partial charge in [0.2, 0.25) is 0 Å². The zero-order valence-electron chi connectivity index (χ0n) is 8.71. The molecule has 0 amide bonds. The summed E-state index contributed by atoms with van der Waals surface area (Å²) in [6.07, 6.45) is 4.67. The molecule has 1 fully saturated rings. The van der Waals surface area contributed by atoms with Crippen molar-refractivity contribution in [3.63, 3.8) is 0 Å². The van der Waals surface area contributed by atoms with Gasteiger partial charge in [-0.3, -0.25) is 0 Å². The van der Waals surface area contributed by atoms with Gasteiger partial charge in [-0.05, 0) is 0 Å². The summed E-state index contributed by atoms with van der Waals surface area (Å²) in [7, 11) is 0. The molecule has 0 aromatic heterocycles. The van der Waals surface area contributed by atoms with Crippen LogP contribution in [0.3, 0.4) is 0 Å². The molecule has 1 rings (SSSR count). The molecule has 0 spiro atoms. The van der Waals surface area contributed by atoms with Crippen LogP contribution >= 0.6 is 0 Å². The van der Waals surface area contributed by atoms with E-state index < -0.39 is 25.0 Å². The molecule has 0 unspecified atom stereocenters. The average molecular weight is 358 g/mol. The van der Waals surface area contributed by atoms with Gasteiger partial charge in [-0.15, -0.1) is 0 Å². The normalized spacial score (nSPS) is 30.2. The molecule has 0 aliphatic heterocycles. The van der Waals surface area contributed by atoms with E-state index in [2.05, 4.69) is 0 Å². The van der Waals surface area contributed by atoms with E-state index >= 15 is 0 Å². The van der Waals surface area contributed by atoms with Gasteiger partial charge in [0.1, 0.15) is 0 Å². The van der Waals surface area contributed by atoms with E-state index in [4.69, 9.17) is 4.02 Å². The van der Waals surface area contributed by atoms with Gasteiger partial charge < -0.3 is 0 Å². The van der Waals surface area contributed by atoms with Gasteiger partial charge >= 0.3 is 88.7 Å². The Labute approximate surface area is 88.6 Å². The standard InChI is InChI=1S/C7H13.C2H4O2.Hg/c1-7-5-3-2-4-6-7;1-2(3)4;/h7H,1-6H2;1H3,(H,3,4);/q;;+1/p-1/i2D;;. The van der Waals surface area contributed by atoms with Crippen LogP contribution in [0.5, 0.6) is 0 Å². The van der Waals surface area contributed by atoms with E-state index in [1.807, 2.05) is 0 Å². The van der Waals surface area contributed by atoms with Gasteiger partial charge in [-0.25, -0.2) is 0 Å². The molecule has 0 atom stereocenters. The van der Waals surface area contributed by atoms with Crippen molar-refractivity contribution in [2.24, 2.45) is 5.92 Å². The Morgan fingerprint density at radius 2 is 2.33 bits per heavy atom. The van der Waals surface area contributed by atoms with Crippen molar-refractivity contribution in [3.05, 3.63) is 0 Å². The van der Waals surface area contributed by atoms with Crippen LogP contribution in [0, 0.1) is 5.92 Å². The van der Waals surface area contributed by atoms with Crippen molar-refractivity contribution in [1.29, 1.82) is 0 Å². The maximum absolute atomic E-state index is 10.5. The predicted octanol–water partition coefficient (Wildman–Crippen LogP) is 2.55. The Morgan fingerprint density at radius 3 is 2.92 bits per heavy atom. The molecule has 66 valence electrons. The monoisotopic (exact) mass is 359 g/mol. The van der Waals surface area contributed by atoms with Gasteiger partial charge in [-0.1, -0.05) is 0 Å². The average Bonchev–Trinajstić information content (AvgIpc) is 2.08. The topological polar surface area (TPSA) is 26.3 Å². The van der Waals surface area contributed by atoms with Crippen LogP contribution in [0.4, 0.5) is 0 Å². The molecule has 1 saturated carbocycles. The van der Waals surface area contributed by atoms with Gasteiger partial charge in [0.15, 0.2) is 0 Å². The summed E-state index contributed by atoms with van der Waals surface area (Å²) >= 11 is -1.31. The van der Waals surface area contributed by atoms with Gasteiger partial charge in [0.25, 0.3) is 0 Å². The minimum absolute atomic E-state index is 0.0872. The summed E-state index contributed by atoms with van der Waals surface area (Å²) in [6, 6.07) is 0. The fraction of sp³-hybridized carbons (Fsp3) is 0.889. The number of hydrogen-bond donors (Lipinski definition) is 0. The predicted molar refractivity (Wildman–Crippen MR) is 43.1 cm³/mol. The van der Waals surface area contributed by atoms with E-state index in [1.165, 1.54) is 23.7 Å². The Bertz CT molecular complexity index is 167. The van der Waals surface area contributed by atoms with Crippen molar-refractivity contribution in [2.75, 3.05) is 0 Å². The molecule has 0 heterocycles. The van der Waals surface area contributed by atoms with Crippen LogP contribution in [-0.4, -0.2) is 5.97 Å². The van der Waals surface area contributed by atoms with Gasteiger partial charge in [-0.2, -0.15) is 0 Å². The molecule has 3 heteroatoms. The van der Waals surface area contributed by atoms with Crippen LogP contribution in [0.2, 0.25) is 3.93 Å². The molecule has 12 heavy (non-hydrogen) atoms. The van der Waals surface area contributed by atoms with Crippen LogP contribution in [0.1, 0.15) is 40.4 Å². The summed E-state index contributed by atoms with van der Waals surface area (Å²) < 4.78 is 13.8. The Balaban J connectivity index is 2.05. The molecule has 2 nitrogen and oxygen atoms in total. The fourth-order valence-electron chi connectivity index (χ4n) is 1.65. The third-order valence-corrected chi connectivity index (χ3v) is 8.85. The van der Waals surface area contributed by atoms with E-state index in [-0.39, 0.29) is 12.4 Å². The molecule has 0 saturated heterocycles. The fourth-order valence-corrected chi connectivity index (χ4v) is 6.77. The van der Waals surface area contributed by atoms with Crippen molar-refractivity contribution in [3.8, 4) is 0 Å². The number of rotatable bonds is 3. The van der Waals surface area contributed by atoms with E-state index in [1.54, 1.807) is 0 Å². The van der Waals surface area contributed by atoms with Crippen LogP contribution in [0.15, 0.2) is 0 Å². The molecule has 0 aromatic carbocycles. The minimum atomic E-state index is -1.31. The molecular formula is C9H16HgO2. The number of hydrogen-bond acceptors (Lipinski definition) is 2. The van der Waals surface area contributed by atoms with E-state index in [9.17, 15) is 4.79 Å². The first-order valence-electron chi connectivity index (χ1n) is 5.32. The molecule has 0 N–H and O–H groups in total. The zero-order chi connectivity index (χ0) is 9.68. The second kappa shape index (κ2) is 5.95.